The van der Waals surface area contributed by atoms with E-state index >= 15 is 4.79 Å². The smallest absolute Gasteiger partial charge is 0.324 e. The fraction of sp³-hybridized carbons (Fsp3) is 0.583. The molecule has 13 nitrogen and oxygen atoms in total. The molecule has 5 fully saturated rings. The van der Waals surface area contributed by atoms with Crippen molar-refractivity contribution in [2.24, 2.45) is 29.1 Å². The number of hydrogen-bond donors (Lipinski definition) is 2. The first kappa shape index (κ1) is 41.3. The van der Waals surface area contributed by atoms with Crippen LogP contribution in [0.25, 0.3) is 33.4 Å². The molecule has 8 atom stereocenters. The van der Waals surface area contributed by atoms with E-state index < -0.39 is 29.5 Å². The summed E-state index contributed by atoms with van der Waals surface area (Å²) in [7, 11) is 2.19. The van der Waals surface area contributed by atoms with Crippen LogP contribution in [0, 0.1) is 40.4 Å². The second kappa shape index (κ2) is 15.8. The Hall–Kier alpha value is -4.68. The third-order valence-corrected chi connectivity index (χ3v) is 16.3. The minimum atomic E-state index is -0.931. The number of cyclic esters (lactones) is 1. The summed E-state index contributed by atoms with van der Waals surface area (Å²) < 4.78 is 8.65. The molecule has 6 aliphatic rings. The highest BCUT2D eigenvalue weighted by molar-refractivity contribution is 7.10. The minimum absolute atomic E-state index is 0.00182. The molecule has 14 heteroatoms. The Morgan fingerprint density at radius 1 is 1.06 bits per heavy atom. The molecule has 4 aromatic rings. The number of carbonyl (C=O) groups excluding carboxylic acids is 3. The largest absolute Gasteiger partial charge is 0.464 e. The zero-order valence-electron chi connectivity index (χ0n) is 36.6. The summed E-state index contributed by atoms with van der Waals surface area (Å²) in [5.41, 5.74) is 8.96. The summed E-state index contributed by atoms with van der Waals surface area (Å²) in [4.78, 5) is 58.0. The predicted molar refractivity (Wildman–Crippen MR) is 237 cm³/mol. The number of benzene rings is 1. The fourth-order valence-corrected chi connectivity index (χ4v) is 12.5. The molecule has 62 heavy (non-hydrogen) atoms. The van der Waals surface area contributed by atoms with Gasteiger partial charge in [-0.1, -0.05) is 33.8 Å². The van der Waals surface area contributed by atoms with Crippen LogP contribution in [0.4, 0.5) is 0 Å². The SMILES string of the molecule is C[C@@H]1C(C(=O)N[C@@H]2C(=O)N3CCC[C@H](N3)C(=O)OCC(C)(C)Cc3c(-c4cccnc4)n([C@H]4CC[C@H](C#N)C4)c4ccc(cc34)-c3csc(n3)[C@H]2N2CC3(CCCN3C)C2)[C@@H]1C. The van der Waals surface area contributed by atoms with Gasteiger partial charge in [0.2, 0.25) is 5.91 Å². The van der Waals surface area contributed by atoms with Crippen molar-refractivity contribution in [2.45, 2.75) is 109 Å². The average Bonchev–Trinajstić information content (AvgIpc) is 3.87. The number of thiazole rings is 1. The molecule has 0 radical (unpaired) electrons. The highest BCUT2D eigenvalue weighted by Crippen LogP contribution is 2.48. The normalized spacial score (nSPS) is 31.1. The number of nitrogens with one attached hydrogen (secondary N) is 2. The zero-order chi connectivity index (χ0) is 43.1. The molecule has 7 heterocycles. The molecule has 326 valence electrons. The van der Waals surface area contributed by atoms with Gasteiger partial charge in [-0.25, -0.2) is 10.4 Å². The van der Waals surface area contributed by atoms with E-state index in [1.807, 2.05) is 12.3 Å². The van der Waals surface area contributed by atoms with Crippen LogP contribution in [0.1, 0.15) is 95.3 Å². The molecular formula is C48H59N9O4S. The Morgan fingerprint density at radius 2 is 1.89 bits per heavy atom. The van der Waals surface area contributed by atoms with Crippen LogP contribution in [0.3, 0.4) is 0 Å². The second-order valence-electron chi connectivity index (χ2n) is 20.1. The van der Waals surface area contributed by atoms with Crippen LogP contribution < -0.4 is 10.7 Å². The van der Waals surface area contributed by atoms with Crippen LogP contribution in [-0.2, 0) is 25.5 Å². The van der Waals surface area contributed by atoms with E-state index in [9.17, 15) is 14.9 Å². The van der Waals surface area contributed by atoms with Crippen molar-refractivity contribution in [3.8, 4) is 28.6 Å². The Morgan fingerprint density at radius 3 is 2.60 bits per heavy atom. The number of fused-ring (bicyclic) bond motifs is 6. The van der Waals surface area contributed by atoms with E-state index in [1.165, 1.54) is 0 Å². The monoisotopic (exact) mass is 857 g/mol. The maximum absolute atomic E-state index is 15.1. The van der Waals surface area contributed by atoms with Gasteiger partial charge in [-0.15, -0.1) is 11.3 Å². The van der Waals surface area contributed by atoms with Gasteiger partial charge in [0.15, 0.2) is 0 Å². The number of ether oxygens (including phenoxy) is 1. The van der Waals surface area contributed by atoms with Gasteiger partial charge >= 0.3 is 5.97 Å². The molecular weight excluding hydrogens is 799 g/mol. The maximum Gasteiger partial charge on any atom is 0.324 e. The molecule has 1 unspecified atom stereocenters. The topological polar surface area (TPSA) is 149 Å². The van der Waals surface area contributed by atoms with Crippen LogP contribution in [0.15, 0.2) is 48.1 Å². The van der Waals surface area contributed by atoms with Crippen molar-refractivity contribution in [1.82, 2.24) is 40.1 Å². The van der Waals surface area contributed by atoms with Crippen LogP contribution in [-0.4, -0.2) is 105 Å². The summed E-state index contributed by atoms with van der Waals surface area (Å²) >= 11 is 1.54. The third-order valence-electron chi connectivity index (χ3n) is 15.4. The minimum Gasteiger partial charge on any atom is -0.464 e. The summed E-state index contributed by atoms with van der Waals surface area (Å²) in [6, 6.07) is 11.2. The number of hydrazine groups is 1. The molecule has 6 bridgehead atoms. The molecule has 2 N–H and O–H groups in total. The van der Waals surface area contributed by atoms with Crippen molar-refractivity contribution < 1.29 is 19.1 Å². The standard InChI is InChI=1S/C48H59N9O4S/c1-28-29(2)39(28)43(58)52-40-42(55-25-48(26-55)15-8-17-54(48)5)44-51-37(24-62-44)31-12-14-38-34(20-31)35(21-47(3,4)27-61-46(60)36-10-7-18-56(53-36)45(40)59)41(32-9-6-16-50-23-32)57(38)33-13-11-30(19-33)22-49/h6,9,12,14,16,20,23-24,28-30,33,36,39-40,42,53H,7-8,10-11,13,15,17-19,21,25-27H2,1-5H3,(H,52,58)/t28-,29+,30-,33-,36-,39?,40-,42-/m0/s1. The molecule has 3 aromatic heterocycles. The number of hydrogen-bond acceptors (Lipinski definition) is 11. The van der Waals surface area contributed by atoms with Crippen molar-refractivity contribution in [3.05, 3.63) is 58.7 Å². The highest BCUT2D eigenvalue weighted by atomic mass is 32.1. The summed E-state index contributed by atoms with van der Waals surface area (Å²) in [6.45, 7) is 11.6. The zero-order valence-corrected chi connectivity index (χ0v) is 37.4. The van der Waals surface area contributed by atoms with Crippen LogP contribution in [0.2, 0.25) is 0 Å². The number of likely N-dealkylation sites (tertiary alicyclic amines) is 2. The molecule has 2 aliphatic carbocycles. The van der Waals surface area contributed by atoms with Gasteiger partial charge in [0.25, 0.3) is 5.91 Å². The second-order valence-corrected chi connectivity index (χ2v) is 21.0. The van der Waals surface area contributed by atoms with Crippen molar-refractivity contribution in [3.63, 3.8) is 0 Å². The van der Waals surface area contributed by atoms with Gasteiger partial charge < -0.3 is 14.6 Å². The van der Waals surface area contributed by atoms with Crippen molar-refractivity contribution in [2.75, 3.05) is 39.8 Å². The van der Waals surface area contributed by atoms with Gasteiger partial charge in [-0.3, -0.25) is 34.2 Å². The number of amides is 2. The lowest BCUT2D eigenvalue weighted by atomic mass is 9.84. The number of nitriles is 1. The lowest BCUT2D eigenvalue weighted by Crippen LogP contribution is -2.70. The lowest BCUT2D eigenvalue weighted by molar-refractivity contribution is -0.156. The first-order valence-corrected chi connectivity index (χ1v) is 23.7. The van der Waals surface area contributed by atoms with Gasteiger partial charge in [0, 0.05) is 88.3 Å². The van der Waals surface area contributed by atoms with Crippen molar-refractivity contribution >= 4 is 40.0 Å². The first-order chi connectivity index (χ1) is 29.8. The summed E-state index contributed by atoms with van der Waals surface area (Å²) in [5, 5.41) is 18.8. The van der Waals surface area contributed by atoms with E-state index in [4.69, 9.17) is 9.72 Å². The summed E-state index contributed by atoms with van der Waals surface area (Å²) in [6.07, 6.45) is 10.2. The number of pyridine rings is 1. The Kier molecular flexibility index (Phi) is 10.6. The molecule has 4 aliphatic heterocycles. The van der Waals surface area contributed by atoms with E-state index in [2.05, 4.69) is 101 Å². The van der Waals surface area contributed by atoms with Gasteiger partial charge in [-0.2, -0.15) is 5.26 Å². The van der Waals surface area contributed by atoms with E-state index in [-0.39, 0.29) is 53.7 Å². The molecule has 1 aromatic carbocycles. The number of esters is 1. The molecule has 1 spiro atoms. The Labute approximate surface area is 368 Å². The Bertz CT molecular complexity index is 2430. The predicted octanol–water partition coefficient (Wildman–Crippen LogP) is 6.52. The third kappa shape index (κ3) is 7.22. The first-order valence-electron chi connectivity index (χ1n) is 22.8. The molecule has 2 amide bonds. The van der Waals surface area contributed by atoms with Gasteiger partial charge in [0.05, 0.1) is 30.1 Å². The quantitative estimate of drug-likeness (QED) is 0.213. The van der Waals surface area contributed by atoms with E-state index in [0.29, 0.717) is 25.8 Å². The maximum atomic E-state index is 15.1. The number of carbonyl (C=O) groups is 3. The van der Waals surface area contributed by atoms with Gasteiger partial charge in [0.1, 0.15) is 17.1 Å². The molecule has 2 saturated carbocycles. The van der Waals surface area contributed by atoms with E-state index in [1.54, 1.807) is 22.5 Å². The Balaban J connectivity index is 1.13. The van der Waals surface area contributed by atoms with Gasteiger partial charge in [-0.05, 0) is 107 Å². The van der Waals surface area contributed by atoms with E-state index in [0.717, 1.165) is 95.7 Å². The van der Waals surface area contributed by atoms with Crippen LogP contribution >= 0.6 is 11.3 Å². The van der Waals surface area contributed by atoms with Crippen LogP contribution in [0.5, 0.6) is 0 Å². The van der Waals surface area contributed by atoms with Crippen molar-refractivity contribution in [1.29, 1.82) is 5.26 Å². The number of aromatic nitrogens is 3. The summed E-state index contributed by atoms with van der Waals surface area (Å²) in [5.74, 6) is -0.448. The number of nitrogens with zero attached hydrogens (tertiary/aromatic N) is 7. The fourth-order valence-electron chi connectivity index (χ4n) is 11.5. The molecule has 3 saturated heterocycles. The number of rotatable bonds is 5. The highest BCUT2D eigenvalue weighted by Gasteiger charge is 2.55. The average molecular weight is 858 g/mol. The number of likely N-dealkylation sites (N-methyl/N-ethyl adjacent to an activating group) is 1. The lowest BCUT2D eigenvalue weighted by Gasteiger charge is -2.55. The molecule has 10 rings (SSSR count).